The van der Waals surface area contributed by atoms with Crippen LogP contribution in [0.1, 0.15) is 32.6 Å². The first-order chi connectivity index (χ1) is 16.5. The summed E-state index contributed by atoms with van der Waals surface area (Å²) in [5, 5.41) is 0.542. The second kappa shape index (κ2) is 10.8. The number of aryl methyl sites for hydroxylation is 1. The molecule has 0 aromatic heterocycles. The number of nitrogens with two attached hydrogens (primary N) is 1. The lowest BCUT2D eigenvalue weighted by Crippen LogP contribution is -2.44. The Morgan fingerprint density at radius 3 is 2.85 bits per heavy atom. The number of amides is 1. The van der Waals surface area contributed by atoms with Gasteiger partial charge in [-0.25, -0.2) is 19.7 Å². The highest BCUT2D eigenvalue weighted by atomic mass is 32.2. The summed E-state index contributed by atoms with van der Waals surface area (Å²) in [6.07, 6.45) is 5.26. The molecule has 3 heterocycles. The van der Waals surface area contributed by atoms with Crippen molar-refractivity contribution in [3.05, 3.63) is 24.5 Å². The largest absolute Gasteiger partial charge is 0.497 e. The van der Waals surface area contributed by atoms with E-state index in [1.54, 1.807) is 20.5 Å². The van der Waals surface area contributed by atoms with Crippen LogP contribution in [0.2, 0.25) is 0 Å². The van der Waals surface area contributed by atoms with E-state index in [1.165, 1.54) is 11.8 Å². The number of imidazole rings is 1. The first-order valence-corrected chi connectivity index (χ1v) is 12.2. The van der Waals surface area contributed by atoms with E-state index in [2.05, 4.69) is 9.97 Å². The van der Waals surface area contributed by atoms with Crippen LogP contribution in [-0.4, -0.2) is 63.9 Å². The van der Waals surface area contributed by atoms with Crippen molar-refractivity contribution in [1.82, 2.24) is 24.4 Å². The molecular formula is C23H30N6O4S. The molecule has 1 atom stereocenters. The molecule has 1 aromatic rings. The number of piperidine rings is 1. The molecule has 1 fully saturated rings. The Balaban J connectivity index is 1.55. The molecule has 34 heavy (non-hydrogen) atoms. The van der Waals surface area contributed by atoms with Gasteiger partial charge in [-0.1, -0.05) is 0 Å². The molecule has 0 bridgehead atoms. The number of rotatable bonds is 8. The van der Waals surface area contributed by atoms with Gasteiger partial charge in [-0.05, 0) is 62.6 Å². The van der Waals surface area contributed by atoms with Crippen molar-refractivity contribution >= 4 is 23.7 Å². The van der Waals surface area contributed by atoms with Gasteiger partial charge < -0.3 is 29.4 Å². The SMILES string of the molecule is CCOC(=O)N1CCCCC1CCn1cnc(N)c2nc(Sc3cc(OC)ccc3OC)nc1-2. The summed E-state index contributed by atoms with van der Waals surface area (Å²) in [5.74, 6) is 2.41. The predicted octanol–water partition coefficient (Wildman–Crippen LogP) is 3.93. The second-order valence-electron chi connectivity index (χ2n) is 7.95. The molecule has 0 saturated carbocycles. The van der Waals surface area contributed by atoms with Crippen LogP contribution in [0.4, 0.5) is 10.6 Å². The molecule has 3 aliphatic heterocycles. The third-order valence-electron chi connectivity index (χ3n) is 5.88. The first-order valence-electron chi connectivity index (χ1n) is 11.4. The molecule has 1 aromatic carbocycles. The Kier molecular flexibility index (Phi) is 7.61. The smallest absolute Gasteiger partial charge is 0.409 e. The molecule has 2 N–H and O–H groups in total. The van der Waals surface area contributed by atoms with Crippen molar-refractivity contribution < 1.29 is 19.0 Å². The van der Waals surface area contributed by atoms with Gasteiger partial charge in [0.2, 0.25) is 0 Å². The number of likely N-dealkylation sites (tertiary alicyclic amines) is 1. The lowest BCUT2D eigenvalue weighted by Gasteiger charge is -2.35. The number of methoxy groups -OCH3 is 2. The third-order valence-corrected chi connectivity index (χ3v) is 6.78. The van der Waals surface area contributed by atoms with Gasteiger partial charge in [-0.3, -0.25) is 0 Å². The average molecular weight is 487 g/mol. The number of benzene rings is 1. The molecular weight excluding hydrogens is 456 g/mol. The van der Waals surface area contributed by atoms with E-state index < -0.39 is 0 Å². The van der Waals surface area contributed by atoms with Crippen LogP contribution >= 0.6 is 11.8 Å². The van der Waals surface area contributed by atoms with Crippen molar-refractivity contribution in [2.24, 2.45) is 0 Å². The Labute approximate surface area is 203 Å². The number of hydrogen-bond acceptors (Lipinski definition) is 9. The Bertz CT molecular complexity index is 1110. The number of nitrogen functional groups attached to an aromatic ring is 1. The number of carbonyl (C=O) groups is 1. The summed E-state index contributed by atoms with van der Waals surface area (Å²) in [6, 6.07) is 5.68. The quantitative estimate of drug-likeness (QED) is 0.505. The van der Waals surface area contributed by atoms with Crippen molar-refractivity contribution in [3.63, 3.8) is 0 Å². The number of carbonyl (C=O) groups excluding carboxylic acids is 1. The predicted molar refractivity (Wildman–Crippen MR) is 129 cm³/mol. The summed E-state index contributed by atoms with van der Waals surface area (Å²) in [6.45, 7) is 3.56. The van der Waals surface area contributed by atoms with Crippen LogP contribution in [-0.2, 0) is 11.3 Å². The maximum atomic E-state index is 12.4. The lowest BCUT2D eigenvalue weighted by atomic mass is 10.00. The first kappa shape index (κ1) is 23.9. The fourth-order valence-corrected chi connectivity index (χ4v) is 5.03. The van der Waals surface area contributed by atoms with E-state index in [0.717, 1.165) is 37.1 Å². The maximum Gasteiger partial charge on any atom is 0.409 e. The molecule has 4 rings (SSSR count). The maximum absolute atomic E-state index is 12.4. The molecule has 1 unspecified atom stereocenters. The van der Waals surface area contributed by atoms with E-state index in [4.69, 9.17) is 24.9 Å². The van der Waals surface area contributed by atoms with Gasteiger partial charge in [0.15, 0.2) is 22.5 Å². The highest BCUT2D eigenvalue weighted by Crippen LogP contribution is 2.38. The number of ether oxygens (including phenoxy) is 3. The fraction of sp³-hybridized carbons (Fsp3) is 0.478. The summed E-state index contributed by atoms with van der Waals surface area (Å²) in [4.78, 5) is 28.7. The van der Waals surface area contributed by atoms with E-state index >= 15 is 0 Å². The molecule has 1 amide bonds. The number of anilines is 1. The van der Waals surface area contributed by atoms with E-state index in [1.807, 2.05) is 34.6 Å². The topological polar surface area (TPSA) is 118 Å². The van der Waals surface area contributed by atoms with Crippen LogP contribution in [0.15, 0.2) is 34.6 Å². The monoisotopic (exact) mass is 486 g/mol. The van der Waals surface area contributed by atoms with Gasteiger partial charge in [0.05, 0.1) is 32.0 Å². The zero-order valence-electron chi connectivity index (χ0n) is 19.7. The number of hydrogen-bond donors (Lipinski definition) is 1. The van der Waals surface area contributed by atoms with Crippen molar-refractivity contribution in [2.75, 3.05) is 33.1 Å². The zero-order valence-corrected chi connectivity index (χ0v) is 20.5. The number of fused-ring (bicyclic) bond motifs is 1. The molecule has 11 heteroatoms. The standard InChI is InChI=1S/C23H30N6O4S/c1-4-33-23(30)29-11-6-5-7-15(29)10-12-28-14-25-20(24)19-21(28)27-22(26-19)34-18-13-16(31-2)8-9-17(18)32-3/h8-9,13-15H,4-7,10-12,24H2,1-3H3. The fourth-order valence-electron chi connectivity index (χ4n) is 4.14. The van der Waals surface area contributed by atoms with Gasteiger partial charge in [-0.2, -0.15) is 0 Å². The van der Waals surface area contributed by atoms with Gasteiger partial charge in [0.25, 0.3) is 0 Å². The Hall–Kier alpha value is -3.21. The third kappa shape index (κ3) is 5.14. The second-order valence-corrected chi connectivity index (χ2v) is 8.96. The van der Waals surface area contributed by atoms with Gasteiger partial charge in [-0.15, -0.1) is 0 Å². The lowest BCUT2D eigenvalue weighted by molar-refractivity contribution is 0.0733. The average Bonchev–Trinajstić information content (AvgIpc) is 3.28. The van der Waals surface area contributed by atoms with Gasteiger partial charge in [0, 0.05) is 19.1 Å². The molecule has 0 spiro atoms. The summed E-state index contributed by atoms with van der Waals surface area (Å²) in [7, 11) is 3.24. The Morgan fingerprint density at radius 1 is 1.24 bits per heavy atom. The highest BCUT2D eigenvalue weighted by Gasteiger charge is 2.28. The van der Waals surface area contributed by atoms with Crippen LogP contribution in [0.3, 0.4) is 0 Å². The van der Waals surface area contributed by atoms with Gasteiger partial charge in [0.1, 0.15) is 11.5 Å². The minimum absolute atomic E-state index is 0.116. The van der Waals surface area contributed by atoms with E-state index in [0.29, 0.717) is 47.1 Å². The molecule has 3 aliphatic rings. The molecule has 0 aliphatic carbocycles. The molecule has 0 radical (unpaired) electrons. The van der Waals surface area contributed by atoms with Crippen molar-refractivity contribution in [3.8, 4) is 23.0 Å². The molecule has 1 saturated heterocycles. The zero-order chi connectivity index (χ0) is 24.1. The number of nitrogens with zero attached hydrogens (tertiary/aromatic N) is 5. The van der Waals surface area contributed by atoms with Crippen molar-refractivity contribution in [1.29, 1.82) is 0 Å². The summed E-state index contributed by atoms with van der Waals surface area (Å²) < 4.78 is 18.0. The van der Waals surface area contributed by atoms with Crippen LogP contribution < -0.4 is 15.2 Å². The minimum atomic E-state index is -0.239. The Morgan fingerprint density at radius 2 is 2.09 bits per heavy atom. The van der Waals surface area contributed by atoms with Crippen LogP contribution in [0, 0.1) is 0 Å². The van der Waals surface area contributed by atoms with Gasteiger partial charge >= 0.3 is 6.09 Å². The van der Waals surface area contributed by atoms with Crippen molar-refractivity contribution in [2.45, 2.75) is 55.2 Å². The highest BCUT2D eigenvalue weighted by molar-refractivity contribution is 7.99. The molecule has 182 valence electrons. The minimum Gasteiger partial charge on any atom is -0.497 e. The number of aromatic nitrogens is 4. The normalized spacial score (nSPS) is 16.0. The molecule has 10 nitrogen and oxygen atoms in total. The summed E-state index contributed by atoms with van der Waals surface area (Å²) >= 11 is 1.37. The van der Waals surface area contributed by atoms with Crippen LogP contribution in [0.5, 0.6) is 11.5 Å². The van der Waals surface area contributed by atoms with Crippen LogP contribution in [0.25, 0.3) is 11.5 Å². The van der Waals surface area contributed by atoms with E-state index in [9.17, 15) is 4.79 Å². The van der Waals surface area contributed by atoms with E-state index in [-0.39, 0.29) is 12.1 Å². The summed E-state index contributed by atoms with van der Waals surface area (Å²) in [5.41, 5.74) is 6.67.